The molecule has 0 aliphatic rings. The van der Waals surface area contributed by atoms with Crippen LogP contribution < -0.4 is 0 Å². The van der Waals surface area contributed by atoms with Crippen LogP contribution in [0.3, 0.4) is 0 Å². The van der Waals surface area contributed by atoms with Gasteiger partial charge in [0.05, 0.1) is 6.61 Å². The van der Waals surface area contributed by atoms with Crippen molar-refractivity contribution < 1.29 is 9.53 Å². The molecule has 0 spiro atoms. The van der Waals surface area contributed by atoms with Crippen LogP contribution in [0.4, 0.5) is 0 Å². The number of carbonyl (C=O) groups excluding carboxylic acids is 1. The maximum absolute atomic E-state index is 11.3. The van der Waals surface area contributed by atoms with E-state index in [1.165, 1.54) is 15.0 Å². The van der Waals surface area contributed by atoms with Crippen molar-refractivity contribution in [2.45, 2.75) is 32.6 Å². The molecule has 0 saturated carbocycles. The molecule has 2 aromatic rings. The lowest BCUT2D eigenvalue weighted by Crippen LogP contribution is -2.05. The van der Waals surface area contributed by atoms with Gasteiger partial charge < -0.3 is 4.74 Å². The molecule has 3 heteroatoms. The summed E-state index contributed by atoms with van der Waals surface area (Å²) < 4.78 is 6.27. The molecular weight excluding hydrogens is 244 g/mol. The minimum absolute atomic E-state index is 0.0922. The van der Waals surface area contributed by atoms with Gasteiger partial charge in [0.25, 0.3) is 0 Å². The van der Waals surface area contributed by atoms with E-state index in [0.717, 1.165) is 6.42 Å². The molecular formula is C15H18O2S. The minimum atomic E-state index is -0.0922. The van der Waals surface area contributed by atoms with Gasteiger partial charge in [-0.05, 0) is 36.8 Å². The number of carbonyl (C=O) groups is 1. The van der Waals surface area contributed by atoms with Crippen LogP contribution >= 0.6 is 11.3 Å². The molecule has 18 heavy (non-hydrogen) atoms. The predicted octanol–water partition coefficient (Wildman–Crippen LogP) is 4.35. The second-order valence-corrected chi connectivity index (χ2v) is 5.55. The van der Waals surface area contributed by atoms with Gasteiger partial charge in [-0.3, -0.25) is 4.79 Å². The third kappa shape index (κ3) is 3.10. The van der Waals surface area contributed by atoms with Crippen molar-refractivity contribution in [1.29, 1.82) is 0 Å². The highest BCUT2D eigenvalue weighted by Gasteiger charge is 2.12. The van der Waals surface area contributed by atoms with Gasteiger partial charge in [-0.25, -0.2) is 0 Å². The van der Waals surface area contributed by atoms with Crippen LogP contribution in [0.5, 0.6) is 0 Å². The molecule has 0 amide bonds. The van der Waals surface area contributed by atoms with Gasteiger partial charge in [0.1, 0.15) is 0 Å². The smallest absolute Gasteiger partial charge is 0.305 e. The van der Waals surface area contributed by atoms with Crippen molar-refractivity contribution in [2.75, 3.05) is 6.61 Å². The Kier molecular flexibility index (Phi) is 4.37. The molecule has 0 radical (unpaired) electrons. The van der Waals surface area contributed by atoms with Crippen molar-refractivity contribution in [3.63, 3.8) is 0 Å². The fourth-order valence-corrected chi connectivity index (χ4v) is 3.11. The van der Waals surface area contributed by atoms with Gasteiger partial charge in [-0.1, -0.05) is 25.1 Å². The fourth-order valence-electron chi connectivity index (χ4n) is 1.96. The highest BCUT2D eigenvalue weighted by Crippen LogP contribution is 2.32. The number of thiophene rings is 1. The van der Waals surface area contributed by atoms with E-state index < -0.39 is 0 Å². The van der Waals surface area contributed by atoms with E-state index >= 15 is 0 Å². The van der Waals surface area contributed by atoms with E-state index in [0.29, 0.717) is 18.9 Å². The Morgan fingerprint density at radius 3 is 2.89 bits per heavy atom. The van der Waals surface area contributed by atoms with Gasteiger partial charge in [0.15, 0.2) is 0 Å². The lowest BCUT2D eigenvalue weighted by atomic mass is 10.0. The SMILES string of the molecule is CCOC(=O)CC[C@H](C)c1cc2ccccc2s1. The van der Waals surface area contributed by atoms with Gasteiger partial charge in [0, 0.05) is 16.0 Å². The lowest BCUT2D eigenvalue weighted by Gasteiger charge is -2.08. The summed E-state index contributed by atoms with van der Waals surface area (Å²) in [6.07, 6.45) is 1.36. The van der Waals surface area contributed by atoms with Crippen LogP contribution in [0.25, 0.3) is 10.1 Å². The van der Waals surface area contributed by atoms with Gasteiger partial charge in [0.2, 0.25) is 0 Å². The van der Waals surface area contributed by atoms with E-state index in [4.69, 9.17) is 4.74 Å². The maximum atomic E-state index is 11.3. The van der Waals surface area contributed by atoms with Crippen molar-refractivity contribution in [3.8, 4) is 0 Å². The summed E-state index contributed by atoms with van der Waals surface area (Å²) in [6, 6.07) is 10.6. The van der Waals surface area contributed by atoms with Crippen LogP contribution in [-0.2, 0) is 9.53 Å². The first-order chi connectivity index (χ1) is 8.70. The van der Waals surface area contributed by atoms with Gasteiger partial charge in [-0.15, -0.1) is 11.3 Å². The van der Waals surface area contributed by atoms with E-state index in [-0.39, 0.29) is 5.97 Å². The van der Waals surface area contributed by atoms with Crippen molar-refractivity contribution in [2.24, 2.45) is 0 Å². The third-order valence-electron chi connectivity index (χ3n) is 3.02. The maximum Gasteiger partial charge on any atom is 0.305 e. The standard InChI is InChI=1S/C15H18O2S/c1-3-17-15(16)9-8-11(2)14-10-12-6-4-5-7-13(12)18-14/h4-7,10-11H,3,8-9H2,1-2H3/t11-/m0/s1. The highest BCUT2D eigenvalue weighted by atomic mass is 32.1. The normalized spacial score (nSPS) is 12.6. The topological polar surface area (TPSA) is 26.3 Å². The summed E-state index contributed by atoms with van der Waals surface area (Å²) in [6.45, 7) is 4.48. The largest absolute Gasteiger partial charge is 0.466 e. The molecule has 0 bridgehead atoms. The van der Waals surface area contributed by atoms with E-state index in [1.54, 1.807) is 0 Å². The zero-order valence-electron chi connectivity index (χ0n) is 10.8. The van der Waals surface area contributed by atoms with Gasteiger partial charge in [-0.2, -0.15) is 0 Å². The predicted molar refractivity (Wildman–Crippen MR) is 76.1 cm³/mol. The highest BCUT2D eigenvalue weighted by molar-refractivity contribution is 7.19. The first-order valence-electron chi connectivity index (χ1n) is 6.34. The minimum Gasteiger partial charge on any atom is -0.466 e. The second kappa shape index (κ2) is 6.01. The molecule has 96 valence electrons. The second-order valence-electron chi connectivity index (χ2n) is 4.43. The summed E-state index contributed by atoms with van der Waals surface area (Å²) in [4.78, 5) is 12.7. The van der Waals surface area contributed by atoms with E-state index in [9.17, 15) is 4.79 Å². The van der Waals surface area contributed by atoms with Gasteiger partial charge >= 0.3 is 5.97 Å². The molecule has 0 unspecified atom stereocenters. The average Bonchev–Trinajstić information content (AvgIpc) is 2.80. The summed E-state index contributed by atoms with van der Waals surface area (Å²) >= 11 is 1.82. The number of hydrogen-bond acceptors (Lipinski definition) is 3. The Morgan fingerprint density at radius 1 is 1.39 bits per heavy atom. The molecule has 0 N–H and O–H groups in total. The molecule has 1 heterocycles. The Balaban J connectivity index is 2.00. The number of benzene rings is 1. The van der Waals surface area contributed by atoms with Crippen molar-refractivity contribution >= 4 is 27.4 Å². The number of hydrogen-bond donors (Lipinski definition) is 0. The monoisotopic (exact) mass is 262 g/mol. The van der Waals surface area contributed by atoms with E-state index in [2.05, 4.69) is 37.3 Å². The van der Waals surface area contributed by atoms with Crippen LogP contribution in [0.2, 0.25) is 0 Å². The third-order valence-corrected chi connectivity index (χ3v) is 4.36. The van der Waals surface area contributed by atoms with Crippen LogP contribution in [0.1, 0.15) is 37.5 Å². The fraction of sp³-hybridized carbons (Fsp3) is 0.400. The van der Waals surface area contributed by atoms with Crippen LogP contribution in [0, 0.1) is 0 Å². The Morgan fingerprint density at radius 2 is 2.17 bits per heavy atom. The molecule has 2 rings (SSSR count). The van der Waals surface area contributed by atoms with Crippen LogP contribution in [-0.4, -0.2) is 12.6 Å². The molecule has 1 atom stereocenters. The summed E-state index contributed by atoms with van der Waals surface area (Å²) in [5.41, 5.74) is 0. The molecule has 1 aromatic heterocycles. The van der Waals surface area contributed by atoms with Crippen molar-refractivity contribution in [3.05, 3.63) is 35.2 Å². The number of rotatable bonds is 5. The zero-order chi connectivity index (χ0) is 13.0. The number of ether oxygens (including phenoxy) is 1. The Hall–Kier alpha value is -1.35. The van der Waals surface area contributed by atoms with Crippen LogP contribution in [0.15, 0.2) is 30.3 Å². The first kappa shape index (κ1) is 13.1. The number of esters is 1. The summed E-state index contributed by atoms with van der Waals surface area (Å²) in [5.74, 6) is 0.317. The first-order valence-corrected chi connectivity index (χ1v) is 7.16. The Labute approximate surface area is 112 Å². The molecule has 0 aliphatic carbocycles. The number of fused-ring (bicyclic) bond motifs is 1. The Bertz CT molecular complexity index is 497. The quantitative estimate of drug-likeness (QED) is 0.749. The molecule has 0 saturated heterocycles. The molecule has 2 nitrogen and oxygen atoms in total. The van der Waals surface area contributed by atoms with E-state index in [1.807, 2.05) is 18.3 Å². The molecule has 0 aliphatic heterocycles. The molecule has 1 aromatic carbocycles. The zero-order valence-corrected chi connectivity index (χ0v) is 11.6. The van der Waals surface area contributed by atoms with Crippen molar-refractivity contribution in [1.82, 2.24) is 0 Å². The summed E-state index contributed by atoms with van der Waals surface area (Å²) in [5, 5.41) is 1.29. The summed E-state index contributed by atoms with van der Waals surface area (Å²) in [7, 11) is 0. The molecule has 0 fully saturated rings. The average molecular weight is 262 g/mol. The lowest BCUT2D eigenvalue weighted by molar-refractivity contribution is -0.143.